The zero-order valence-electron chi connectivity index (χ0n) is 18.0. The fourth-order valence-electron chi connectivity index (χ4n) is 3.07. The average Bonchev–Trinajstić information content (AvgIpc) is 2.80. The fraction of sp³-hybridized carbons (Fsp3) is 0.130. The van der Waals surface area contributed by atoms with Gasteiger partial charge in [-0.15, -0.1) is 0 Å². The number of hydrogen-bond acceptors (Lipinski definition) is 5. The molecule has 0 atom stereocenters. The zero-order chi connectivity index (χ0) is 25.0. The van der Waals surface area contributed by atoms with Crippen molar-refractivity contribution in [3.8, 4) is 0 Å². The molecule has 0 fully saturated rings. The number of sulfonamides is 1. The molecule has 0 spiro atoms. The van der Waals surface area contributed by atoms with Crippen LogP contribution in [0.1, 0.15) is 26.3 Å². The molecule has 3 rings (SSSR count). The first-order valence-electron chi connectivity index (χ1n) is 9.71. The number of rotatable bonds is 7. The van der Waals surface area contributed by atoms with Crippen LogP contribution in [0.15, 0.2) is 60.7 Å². The molecule has 0 radical (unpaired) electrons. The van der Waals surface area contributed by atoms with Crippen molar-refractivity contribution < 1.29 is 22.7 Å². The first kappa shape index (κ1) is 25.8. The number of nitrogens with zero attached hydrogens (tertiary/aromatic N) is 1. The second-order valence-electron chi connectivity index (χ2n) is 7.18. The molecule has 3 aromatic rings. The summed E-state index contributed by atoms with van der Waals surface area (Å²) in [6.07, 6.45) is 1.07. The van der Waals surface area contributed by atoms with Gasteiger partial charge in [0.15, 0.2) is 0 Å². The highest BCUT2D eigenvalue weighted by Gasteiger charge is 2.22. The van der Waals surface area contributed by atoms with E-state index in [0.717, 1.165) is 10.6 Å². The van der Waals surface area contributed by atoms with Crippen molar-refractivity contribution in [1.29, 1.82) is 0 Å². The van der Waals surface area contributed by atoms with E-state index in [1.54, 1.807) is 48.5 Å². The summed E-state index contributed by atoms with van der Waals surface area (Å²) in [5.74, 6) is -1.05. The van der Waals surface area contributed by atoms with Gasteiger partial charge in [0.2, 0.25) is 10.0 Å². The normalized spacial score (nSPS) is 11.1. The lowest BCUT2D eigenvalue weighted by atomic mass is 10.1. The SMILES string of the molecule is COC(=O)c1cc(NC(=O)c2ccc(CN(c3cccc(Cl)c3Cl)S(C)(=O)=O)cc2)ccc1Cl. The highest BCUT2D eigenvalue weighted by molar-refractivity contribution is 7.92. The Kier molecular flexibility index (Phi) is 8.09. The van der Waals surface area contributed by atoms with Gasteiger partial charge in [-0.3, -0.25) is 9.10 Å². The number of esters is 1. The van der Waals surface area contributed by atoms with E-state index in [4.69, 9.17) is 34.8 Å². The van der Waals surface area contributed by atoms with Crippen LogP contribution in [0.25, 0.3) is 0 Å². The molecule has 1 amide bonds. The predicted octanol–water partition coefficient (Wildman–Crippen LogP) is 5.65. The van der Waals surface area contributed by atoms with Gasteiger partial charge in [0, 0.05) is 11.3 Å². The third kappa shape index (κ3) is 6.01. The van der Waals surface area contributed by atoms with Crippen molar-refractivity contribution in [1.82, 2.24) is 0 Å². The topological polar surface area (TPSA) is 92.8 Å². The van der Waals surface area contributed by atoms with Gasteiger partial charge < -0.3 is 10.1 Å². The summed E-state index contributed by atoms with van der Waals surface area (Å²) in [5, 5.41) is 3.24. The molecular formula is C23H19Cl3N2O5S. The van der Waals surface area contributed by atoms with E-state index in [-0.39, 0.29) is 32.9 Å². The Morgan fingerprint density at radius 1 is 0.971 bits per heavy atom. The standard InChI is InChI=1S/C23H19Cl3N2O5S/c1-33-23(30)17-12-16(10-11-18(17)24)27-22(29)15-8-6-14(7-9-15)13-28(34(2,31)32)20-5-3-4-19(25)21(20)26/h3-12H,13H2,1-2H3,(H,27,29). The molecule has 3 aromatic carbocycles. The monoisotopic (exact) mass is 540 g/mol. The fourth-order valence-corrected chi connectivity index (χ4v) is 4.60. The molecule has 0 heterocycles. The molecule has 0 aliphatic heterocycles. The summed E-state index contributed by atoms with van der Waals surface area (Å²) in [7, 11) is -2.44. The lowest BCUT2D eigenvalue weighted by Gasteiger charge is -2.24. The Labute approximate surface area is 212 Å². The third-order valence-electron chi connectivity index (χ3n) is 4.77. The average molecular weight is 542 g/mol. The number of carbonyl (C=O) groups excluding carboxylic acids is 2. The lowest BCUT2D eigenvalue weighted by Crippen LogP contribution is -2.29. The summed E-state index contributed by atoms with van der Waals surface area (Å²) >= 11 is 18.3. The molecule has 1 N–H and O–H groups in total. The number of amides is 1. The number of methoxy groups -OCH3 is 1. The van der Waals surface area contributed by atoms with Crippen LogP contribution in [-0.4, -0.2) is 33.7 Å². The van der Waals surface area contributed by atoms with Crippen molar-refractivity contribution in [2.45, 2.75) is 6.54 Å². The smallest absolute Gasteiger partial charge is 0.339 e. The second kappa shape index (κ2) is 10.7. The van der Waals surface area contributed by atoms with Gasteiger partial charge in [0.25, 0.3) is 5.91 Å². The summed E-state index contributed by atoms with van der Waals surface area (Å²) in [6.45, 7) is -0.0134. The van der Waals surface area contributed by atoms with Crippen molar-refractivity contribution in [2.75, 3.05) is 23.0 Å². The number of ether oxygens (including phenoxy) is 1. The molecule has 11 heteroatoms. The summed E-state index contributed by atoms with van der Waals surface area (Å²) in [5.41, 5.74) is 1.68. The molecule has 0 unspecified atom stereocenters. The number of hydrogen-bond donors (Lipinski definition) is 1. The summed E-state index contributed by atoms with van der Waals surface area (Å²) in [6, 6.07) is 15.6. The van der Waals surface area contributed by atoms with E-state index < -0.39 is 21.9 Å². The van der Waals surface area contributed by atoms with Crippen LogP contribution in [0.3, 0.4) is 0 Å². The van der Waals surface area contributed by atoms with Gasteiger partial charge in [-0.2, -0.15) is 0 Å². The second-order valence-corrected chi connectivity index (χ2v) is 10.3. The molecule has 0 bridgehead atoms. The van der Waals surface area contributed by atoms with E-state index in [9.17, 15) is 18.0 Å². The Hall–Kier alpha value is -2.78. The minimum atomic E-state index is -3.68. The number of halogens is 3. The maximum absolute atomic E-state index is 12.6. The Bertz CT molecular complexity index is 1350. The first-order valence-corrected chi connectivity index (χ1v) is 12.7. The van der Waals surface area contributed by atoms with Crippen LogP contribution in [0.2, 0.25) is 15.1 Å². The van der Waals surface area contributed by atoms with Crippen LogP contribution < -0.4 is 9.62 Å². The van der Waals surface area contributed by atoms with Crippen LogP contribution in [0.5, 0.6) is 0 Å². The molecule has 0 saturated carbocycles. The number of nitrogens with one attached hydrogen (secondary N) is 1. The van der Waals surface area contributed by atoms with Crippen molar-refractivity contribution in [3.63, 3.8) is 0 Å². The number of carbonyl (C=O) groups is 2. The summed E-state index contributed by atoms with van der Waals surface area (Å²) in [4.78, 5) is 24.4. The van der Waals surface area contributed by atoms with Crippen molar-refractivity contribution in [3.05, 3.63) is 92.4 Å². The summed E-state index contributed by atoms with van der Waals surface area (Å²) < 4.78 is 30.6. The molecule has 0 aliphatic rings. The molecular weight excluding hydrogens is 523 g/mol. The minimum Gasteiger partial charge on any atom is -0.465 e. The largest absolute Gasteiger partial charge is 0.465 e. The molecule has 0 aromatic heterocycles. The van der Waals surface area contributed by atoms with Crippen LogP contribution >= 0.6 is 34.8 Å². The lowest BCUT2D eigenvalue weighted by molar-refractivity contribution is 0.0600. The highest BCUT2D eigenvalue weighted by atomic mass is 35.5. The molecule has 34 heavy (non-hydrogen) atoms. The molecule has 0 saturated heterocycles. The number of anilines is 2. The van der Waals surface area contributed by atoms with Crippen molar-refractivity contribution >= 4 is 68.1 Å². The van der Waals surface area contributed by atoms with Gasteiger partial charge in [-0.25, -0.2) is 13.2 Å². The van der Waals surface area contributed by atoms with Crippen LogP contribution in [-0.2, 0) is 21.3 Å². The third-order valence-corrected chi connectivity index (χ3v) is 7.04. The van der Waals surface area contributed by atoms with E-state index in [1.165, 1.54) is 19.2 Å². The molecule has 0 aliphatic carbocycles. The molecule has 178 valence electrons. The van der Waals surface area contributed by atoms with Crippen LogP contribution in [0.4, 0.5) is 11.4 Å². The highest BCUT2D eigenvalue weighted by Crippen LogP contribution is 2.34. The van der Waals surface area contributed by atoms with Gasteiger partial charge in [0.05, 0.1) is 46.2 Å². The molecule has 7 nitrogen and oxygen atoms in total. The minimum absolute atomic E-state index is 0.0134. The van der Waals surface area contributed by atoms with Gasteiger partial charge >= 0.3 is 5.97 Å². The van der Waals surface area contributed by atoms with Crippen molar-refractivity contribution in [2.24, 2.45) is 0 Å². The zero-order valence-corrected chi connectivity index (χ0v) is 21.1. The van der Waals surface area contributed by atoms with E-state index >= 15 is 0 Å². The maximum atomic E-state index is 12.6. The van der Waals surface area contributed by atoms with Gasteiger partial charge in [-0.05, 0) is 48.0 Å². The van der Waals surface area contributed by atoms with E-state index in [0.29, 0.717) is 16.8 Å². The first-order chi connectivity index (χ1) is 16.0. The van der Waals surface area contributed by atoms with E-state index in [2.05, 4.69) is 10.1 Å². The Balaban J connectivity index is 1.79. The van der Waals surface area contributed by atoms with E-state index in [1.807, 2.05) is 0 Å². The Morgan fingerprint density at radius 3 is 2.26 bits per heavy atom. The van der Waals surface area contributed by atoms with Gasteiger partial charge in [0.1, 0.15) is 0 Å². The maximum Gasteiger partial charge on any atom is 0.339 e. The number of benzene rings is 3. The van der Waals surface area contributed by atoms with Gasteiger partial charge in [-0.1, -0.05) is 53.0 Å². The predicted molar refractivity (Wildman–Crippen MR) is 135 cm³/mol. The Morgan fingerprint density at radius 2 is 1.65 bits per heavy atom. The van der Waals surface area contributed by atoms with Crippen LogP contribution in [0, 0.1) is 0 Å². The quantitative estimate of drug-likeness (QED) is 0.390.